The fourth-order valence-electron chi connectivity index (χ4n) is 4.27. The van der Waals surface area contributed by atoms with Crippen molar-refractivity contribution in [3.05, 3.63) is 47.0 Å². The molecule has 150 valence electrons. The van der Waals surface area contributed by atoms with Gasteiger partial charge < -0.3 is 15.2 Å². The van der Waals surface area contributed by atoms with Gasteiger partial charge in [-0.2, -0.15) is 5.26 Å². The van der Waals surface area contributed by atoms with E-state index in [-0.39, 0.29) is 17.8 Å². The minimum Gasteiger partial charge on any atom is -0.348 e. The first-order valence-corrected chi connectivity index (χ1v) is 10.4. The number of amides is 2. The molecule has 2 amide bonds. The first-order chi connectivity index (χ1) is 14.2. The Hall–Kier alpha value is -3.14. The summed E-state index contributed by atoms with van der Waals surface area (Å²) in [6.45, 7) is 0.668. The molecule has 2 aromatic rings. The first-order valence-electron chi connectivity index (χ1n) is 10.4. The molecule has 0 spiro atoms. The Kier molecular flexibility index (Phi) is 5.61. The van der Waals surface area contributed by atoms with E-state index in [0.717, 1.165) is 50.6 Å². The van der Waals surface area contributed by atoms with Crippen molar-refractivity contribution in [1.29, 1.82) is 5.26 Å². The number of nitriles is 1. The minimum atomic E-state index is -0.396. The number of anilines is 1. The van der Waals surface area contributed by atoms with Crippen molar-refractivity contribution in [2.45, 2.75) is 64.0 Å². The standard InChI is InChI=1S/C22H25N5O2/c23-14-15-8-4-5-11-17(15)25-22(29)20-26-19(18-12-6-7-13-27(18)20)21(28)24-16-9-2-1-3-10-16/h4-5,8,11,16H,1-3,6-7,9-10,12-13H2,(H,24,28)(H,25,29). The normalized spacial score (nSPS) is 16.5. The molecule has 0 saturated heterocycles. The molecule has 2 N–H and O–H groups in total. The molecule has 2 heterocycles. The Morgan fingerprint density at radius 1 is 1.07 bits per heavy atom. The second-order valence-corrected chi connectivity index (χ2v) is 7.76. The Morgan fingerprint density at radius 2 is 1.86 bits per heavy atom. The number of rotatable bonds is 4. The van der Waals surface area contributed by atoms with E-state index in [4.69, 9.17) is 0 Å². The van der Waals surface area contributed by atoms with Gasteiger partial charge in [-0.05, 0) is 44.2 Å². The quantitative estimate of drug-likeness (QED) is 0.834. The molecule has 7 nitrogen and oxygen atoms in total. The summed E-state index contributed by atoms with van der Waals surface area (Å²) in [7, 11) is 0. The van der Waals surface area contributed by atoms with Crippen LogP contribution >= 0.6 is 0 Å². The average Bonchev–Trinajstić information content (AvgIpc) is 3.15. The second-order valence-electron chi connectivity index (χ2n) is 7.76. The number of aromatic nitrogens is 2. The predicted molar refractivity (Wildman–Crippen MR) is 109 cm³/mol. The molecule has 0 bridgehead atoms. The molecule has 1 aromatic heterocycles. The summed E-state index contributed by atoms with van der Waals surface area (Å²) in [5.74, 6) is -0.340. The third kappa shape index (κ3) is 4.02. The van der Waals surface area contributed by atoms with Crippen LogP contribution in [0.4, 0.5) is 5.69 Å². The van der Waals surface area contributed by atoms with E-state index in [2.05, 4.69) is 21.7 Å². The number of benzene rings is 1. The zero-order valence-corrected chi connectivity index (χ0v) is 16.4. The molecule has 1 saturated carbocycles. The maximum absolute atomic E-state index is 12.9. The number of imidazole rings is 1. The number of carbonyl (C=O) groups is 2. The number of hydrogen-bond acceptors (Lipinski definition) is 4. The van der Waals surface area contributed by atoms with Crippen LogP contribution in [-0.2, 0) is 13.0 Å². The summed E-state index contributed by atoms with van der Waals surface area (Å²) in [6.07, 6.45) is 8.16. The molecule has 1 aliphatic heterocycles. The summed E-state index contributed by atoms with van der Waals surface area (Å²) in [5.41, 5.74) is 2.04. The van der Waals surface area contributed by atoms with Crippen LogP contribution in [0.3, 0.4) is 0 Å². The van der Waals surface area contributed by atoms with Crippen LogP contribution in [0.5, 0.6) is 0 Å². The van der Waals surface area contributed by atoms with E-state index >= 15 is 0 Å². The van der Waals surface area contributed by atoms with Crippen LogP contribution in [0.25, 0.3) is 0 Å². The van der Waals surface area contributed by atoms with Gasteiger partial charge in [-0.15, -0.1) is 0 Å². The lowest BCUT2D eigenvalue weighted by atomic mass is 9.95. The summed E-state index contributed by atoms with van der Waals surface area (Å²) in [6, 6.07) is 9.12. The van der Waals surface area contributed by atoms with Crippen molar-refractivity contribution in [3.8, 4) is 6.07 Å². The lowest BCUT2D eigenvalue weighted by molar-refractivity contribution is 0.0921. The van der Waals surface area contributed by atoms with Gasteiger partial charge in [0.05, 0.1) is 16.9 Å². The summed E-state index contributed by atoms with van der Waals surface area (Å²) < 4.78 is 1.86. The fourth-order valence-corrected chi connectivity index (χ4v) is 4.27. The molecule has 0 atom stereocenters. The highest BCUT2D eigenvalue weighted by Gasteiger charge is 2.29. The van der Waals surface area contributed by atoms with Gasteiger partial charge in [0.25, 0.3) is 11.8 Å². The van der Waals surface area contributed by atoms with Crippen molar-refractivity contribution in [3.63, 3.8) is 0 Å². The van der Waals surface area contributed by atoms with Crippen molar-refractivity contribution in [2.24, 2.45) is 0 Å². The third-order valence-electron chi connectivity index (χ3n) is 5.77. The van der Waals surface area contributed by atoms with Crippen LogP contribution in [0, 0.1) is 11.3 Å². The number of nitrogens with one attached hydrogen (secondary N) is 2. The SMILES string of the molecule is N#Cc1ccccc1NC(=O)c1nc(C(=O)NC2CCCCC2)c2n1CCCC2. The molecule has 1 aromatic carbocycles. The lowest BCUT2D eigenvalue weighted by Gasteiger charge is -2.23. The fraction of sp³-hybridized carbons (Fsp3) is 0.455. The molecule has 0 radical (unpaired) electrons. The molecule has 29 heavy (non-hydrogen) atoms. The Morgan fingerprint density at radius 3 is 2.66 bits per heavy atom. The van der Waals surface area contributed by atoms with Gasteiger partial charge in [0.15, 0.2) is 5.82 Å². The Bertz CT molecular complexity index is 966. The van der Waals surface area contributed by atoms with Crippen molar-refractivity contribution in [1.82, 2.24) is 14.9 Å². The molecule has 4 rings (SSSR count). The smallest absolute Gasteiger partial charge is 0.291 e. The van der Waals surface area contributed by atoms with Gasteiger partial charge in [0.1, 0.15) is 11.8 Å². The Balaban J connectivity index is 1.59. The second kappa shape index (κ2) is 8.48. The maximum atomic E-state index is 12.9. The maximum Gasteiger partial charge on any atom is 0.291 e. The van der Waals surface area contributed by atoms with Gasteiger partial charge in [-0.3, -0.25) is 9.59 Å². The zero-order valence-electron chi connectivity index (χ0n) is 16.4. The molecular formula is C22H25N5O2. The minimum absolute atomic E-state index is 0.181. The van der Waals surface area contributed by atoms with Crippen molar-refractivity contribution >= 4 is 17.5 Å². The van der Waals surface area contributed by atoms with E-state index in [0.29, 0.717) is 23.5 Å². The topological polar surface area (TPSA) is 99.8 Å². The number of fused-ring (bicyclic) bond motifs is 1. The summed E-state index contributed by atoms with van der Waals surface area (Å²) >= 11 is 0. The summed E-state index contributed by atoms with van der Waals surface area (Å²) in [4.78, 5) is 30.3. The van der Waals surface area contributed by atoms with E-state index < -0.39 is 5.91 Å². The van der Waals surface area contributed by atoms with Gasteiger partial charge >= 0.3 is 0 Å². The van der Waals surface area contributed by atoms with Gasteiger partial charge in [0, 0.05) is 12.6 Å². The molecule has 0 unspecified atom stereocenters. The van der Waals surface area contributed by atoms with Gasteiger partial charge in [-0.25, -0.2) is 4.98 Å². The number of para-hydroxylation sites is 1. The van der Waals surface area contributed by atoms with Crippen LogP contribution in [0.1, 0.15) is 77.3 Å². The van der Waals surface area contributed by atoms with Gasteiger partial charge in [-0.1, -0.05) is 31.4 Å². The van der Waals surface area contributed by atoms with Crippen LogP contribution < -0.4 is 10.6 Å². The highest BCUT2D eigenvalue weighted by Crippen LogP contribution is 2.24. The van der Waals surface area contributed by atoms with Crippen LogP contribution in [0.15, 0.2) is 24.3 Å². The molecule has 1 fully saturated rings. The van der Waals surface area contributed by atoms with Gasteiger partial charge in [0.2, 0.25) is 0 Å². The first kappa shape index (κ1) is 19.2. The molecule has 7 heteroatoms. The van der Waals surface area contributed by atoms with Crippen LogP contribution in [0.2, 0.25) is 0 Å². The monoisotopic (exact) mass is 391 g/mol. The predicted octanol–water partition coefficient (Wildman–Crippen LogP) is 3.41. The average molecular weight is 391 g/mol. The molecule has 2 aliphatic rings. The molecular weight excluding hydrogens is 366 g/mol. The lowest BCUT2D eigenvalue weighted by Crippen LogP contribution is -2.37. The number of nitrogens with zero attached hydrogens (tertiary/aromatic N) is 3. The third-order valence-corrected chi connectivity index (χ3v) is 5.77. The Labute approximate surface area is 170 Å². The largest absolute Gasteiger partial charge is 0.348 e. The number of hydrogen-bond donors (Lipinski definition) is 2. The van der Waals surface area contributed by atoms with E-state index in [1.54, 1.807) is 24.3 Å². The highest BCUT2D eigenvalue weighted by molar-refractivity contribution is 6.04. The van der Waals surface area contributed by atoms with E-state index in [1.165, 1.54) is 6.42 Å². The molecule has 1 aliphatic carbocycles. The van der Waals surface area contributed by atoms with Crippen molar-refractivity contribution in [2.75, 3.05) is 5.32 Å². The zero-order chi connectivity index (χ0) is 20.2. The van der Waals surface area contributed by atoms with E-state index in [1.807, 2.05) is 4.57 Å². The number of carbonyl (C=O) groups excluding carboxylic acids is 2. The highest BCUT2D eigenvalue weighted by atomic mass is 16.2. The van der Waals surface area contributed by atoms with E-state index in [9.17, 15) is 14.9 Å². The van der Waals surface area contributed by atoms with Crippen LogP contribution in [-0.4, -0.2) is 27.4 Å². The van der Waals surface area contributed by atoms with Crippen molar-refractivity contribution < 1.29 is 9.59 Å². The summed E-state index contributed by atoms with van der Waals surface area (Å²) in [5, 5.41) is 15.2.